The highest BCUT2D eigenvalue weighted by Crippen LogP contribution is 2.48. The largest absolute Gasteiger partial charge is 0.573 e. The van der Waals surface area contributed by atoms with Crippen LogP contribution in [0.25, 0.3) is 65.3 Å². The number of anilines is 1. The summed E-state index contributed by atoms with van der Waals surface area (Å²) >= 11 is 5.33. The number of rotatable bonds is 16. The van der Waals surface area contributed by atoms with E-state index in [0.717, 1.165) is 23.9 Å². The number of alkyl halides is 3. The highest BCUT2D eigenvalue weighted by Gasteiger charge is 2.34. The van der Waals surface area contributed by atoms with Crippen LogP contribution in [-0.4, -0.2) is 100 Å². The smallest absolute Gasteiger partial charge is 0.496 e. The Morgan fingerprint density at radius 1 is 0.699 bits per heavy atom. The molecule has 1 saturated heterocycles. The first-order valence-electron chi connectivity index (χ1n) is 21.9. The minimum Gasteiger partial charge on any atom is -0.496 e. The number of aromatic nitrogens is 8. The van der Waals surface area contributed by atoms with Gasteiger partial charge in [-0.15, -0.1) is 46.0 Å². The van der Waals surface area contributed by atoms with E-state index in [1.54, 1.807) is 45.0 Å². The van der Waals surface area contributed by atoms with Gasteiger partial charge in [0.1, 0.15) is 62.9 Å². The topological polar surface area (TPSA) is 190 Å². The quantitative estimate of drug-likeness (QED) is 0.0887. The van der Waals surface area contributed by atoms with Crippen LogP contribution in [0.3, 0.4) is 0 Å². The van der Waals surface area contributed by atoms with E-state index in [9.17, 15) is 13.2 Å². The number of halogens is 3. The van der Waals surface area contributed by atoms with Gasteiger partial charge in [0, 0.05) is 47.6 Å². The number of benzene rings is 3. The van der Waals surface area contributed by atoms with Crippen LogP contribution < -0.4 is 38.1 Å². The molecule has 0 spiro atoms. The SMILES string of the molecule is COc1cc(OC(c2csc(-c3ccc(OC(F)(F)F)cc3)n2)c2c(OC)cc(OCc3csc(N4CCOCC4)n3)c3cc(-c4cn5nc(OC)sc5n4)oc23)c2cc(-c3cn4nc(OC)sc4n3)oc2c1. The second-order valence-electron chi connectivity index (χ2n) is 16.0. The number of imidazole rings is 2. The highest BCUT2D eigenvalue weighted by atomic mass is 32.1. The Morgan fingerprint density at radius 3 is 2.05 bits per heavy atom. The van der Waals surface area contributed by atoms with E-state index in [2.05, 4.69) is 19.8 Å². The lowest BCUT2D eigenvalue weighted by atomic mass is 10.0. The Balaban J connectivity index is 1.00. The molecule has 0 radical (unpaired) electrons. The molecule has 12 rings (SSSR count). The molecule has 3 aromatic carbocycles. The van der Waals surface area contributed by atoms with E-state index in [-0.39, 0.29) is 12.4 Å². The van der Waals surface area contributed by atoms with Crippen molar-refractivity contribution in [3.05, 3.63) is 94.7 Å². The Hall–Kier alpha value is -7.65. The third-order valence-corrected chi connectivity index (χ3v) is 15.2. The van der Waals surface area contributed by atoms with E-state index < -0.39 is 12.5 Å². The second-order valence-corrected chi connectivity index (χ2v) is 19.5. The summed E-state index contributed by atoms with van der Waals surface area (Å²) < 4.78 is 102. The molecule has 1 unspecified atom stereocenters. The summed E-state index contributed by atoms with van der Waals surface area (Å²) in [6.45, 7) is 2.86. The zero-order valence-corrected chi connectivity index (χ0v) is 41.8. The third kappa shape index (κ3) is 9.04. The Morgan fingerprint density at radius 2 is 1.40 bits per heavy atom. The number of hydrogen-bond donors (Lipinski definition) is 0. The van der Waals surface area contributed by atoms with Crippen molar-refractivity contribution in [2.24, 2.45) is 0 Å². The van der Waals surface area contributed by atoms with Crippen LogP contribution >= 0.6 is 45.3 Å². The summed E-state index contributed by atoms with van der Waals surface area (Å²) in [6, 6.07) is 14.3. The zero-order chi connectivity index (χ0) is 50.0. The Labute approximate surface area is 425 Å². The van der Waals surface area contributed by atoms with Crippen molar-refractivity contribution in [2.75, 3.05) is 59.6 Å². The molecule has 73 heavy (non-hydrogen) atoms. The number of fused-ring (bicyclic) bond motifs is 4. The highest BCUT2D eigenvalue weighted by molar-refractivity contribution is 7.18. The van der Waals surface area contributed by atoms with Crippen molar-refractivity contribution >= 4 is 82.3 Å². The standard InChI is InChI=1S/C47H36F3N9O10S4/c1-60-26-13-33-27(15-35(66-33)29-18-58-43(53-29)72-45(55-58)62-3)34(14-26)67-40(31-22-70-41(52-31)23-5-7-25(8-6-23)69-47(48,49)50)38-37(61-2)17-32(65-20-24-21-71-42(51-24)57-9-11-64-12-10-57)28-16-36(68-39(28)38)30-19-59-44(54-30)73-46(56-59)63-4/h5-8,13-19,21-22,40H,9-12,20H2,1-4H3. The lowest BCUT2D eigenvalue weighted by Crippen LogP contribution is -2.36. The lowest BCUT2D eigenvalue weighted by Gasteiger charge is -2.26. The van der Waals surface area contributed by atoms with E-state index in [1.807, 2.05) is 17.5 Å². The first-order valence-corrected chi connectivity index (χ1v) is 25.3. The van der Waals surface area contributed by atoms with E-state index in [1.165, 1.54) is 98.1 Å². The van der Waals surface area contributed by atoms with Gasteiger partial charge in [-0.25, -0.2) is 29.0 Å². The predicted octanol–water partition coefficient (Wildman–Crippen LogP) is 10.8. The molecule has 1 atom stereocenters. The lowest BCUT2D eigenvalue weighted by molar-refractivity contribution is -0.274. The number of hydrogen-bond acceptors (Lipinski definition) is 21. The van der Waals surface area contributed by atoms with E-state index in [4.69, 9.17) is 61.9 Å². The zero-order valence-electron chi connectivity index (χ0n) is 38.5. The summed E-state index contributed by atoms with van der Waals surface area (Å²) in [5, 5.41) is 16.0. The van der Waals surface area contributed by atoms with Gasteiger partial charge in [0.05, 0.1) is 81.8 Å². The molecule has 0 saturated carbocycles. The maximum Gasteiger partial charge on any atom is 0.573 e. The fourth-order valence-electron chi connectivity index (χ4n) is 8.16. The van der Waals surface area contributed by atoms with Gasteiger partial charge in [0.25, 0.3) is 10.4 Å². The number of thiazole rings is 2. The van der Waals surface area contributed by atoms with Gasteiger partial charge in [-0.3, -0.25) is 0 Å². The number of ether oxygens (including phenoxy) is 8. The first kappa shape index (κ1) is 46.4. The van der Waals surface area contributed by atoms with Crippen LogP contribution in [0.4, 0.5) is 18.3 Å². The van der Waals surface area contributed by atoms with Gasteiger partial charge < -0.3 is 51.6 Å². The minimum atomic E-state index is -4.86. The van der Waals surface area contributed by atoms with Crippen LogP contribution in [0, 0.1) is 0 Å². The summed E-state index contributed by atoms with van der Waals surface area (Å²) in [6.07, 6.45) is -2.50. The summed E-state index contributed by atoms with van der Waals surface area (Å²) in [5.41, 5.74) is 3.80. The molecule has 11 aromatic rings. The van der Waals surface area contributed by atoms with Crippen LogP contribution in [0.15, 0.2) is 86.6 Å². The number of methoxy groups -OCH3 is 4. The van der Waals surface area contributed by atoms with Crippen LogP contribution in [0.2, 0.25) is 0 Å². The van der Waals surface area contributed by atoms with Crippen LogP contribution in [-0.2, 0) is 11.3 Å². The average molecular weight is 1070 g/mol. The number of nitrogens with zero attached hydrogens (tertiary/aromatic N) is 9. The summed E-state index contributed by atoms with van der Waals surface area (Å²) in [4.78, 5) is 22.8. The van der Waals surface area contributed by atoms with Gasteiger partial charge in [0.15, 0.2) is 22.8 Å². The van der Waals surface area contributed by atoms with Crippen LogP contribution in [0.1, 0.15) is 23.1 Å². The fourth-order valence-corrected chi connectivity index (χ4v) is 11.3. The average Bonchev–Trinajstić information content (AvgIpc) is 4.25. The molecule has 0 N–H and O–H groups in total. The van der Waals surface area contributed by atoms with Crippen molar-refractivity contribution in [3.8, 4) is 72.6 Å². The van der Waals surface area contributed by atoms with Gasteiger partial charge in [-0.1, -0.05) is 0 Å². The monoisotopic (exact) mass is 1070 g/mol. The van der Waals surface area contributed by atoms with Crippen molar-refractivity contribution in [2.45, 2.75) is 19.1 Å². The van der Waals surface area contributed by atoms with Gasteiger partial charge >= 0.3 is 6.36 Å². The minimum absolute atomic E-state index is 0.119. The van der Waals surface area contributed by atoms with Gasteiger partial charge in [-0.05, 0) is 59.1 Å². The Kier molecular flexibility index (Phi) is 11.9. The number of furan rings is 2. The Bertz CT molecular complexity index is 3730. The van der Waals surface area contributed by atoms with Gasteiger partial charge in [0.2, 0.25) is 9.92 Å². The van der Waals surface area contributed by atoms with Gasteiger partial charge in [-0.2, -0.15) is 0 Å². The molecule has 0 amide bonds. The van der Waals surface area contributed by atoms with Crippen molar-refractivity contribution in [1.82, 2.24) is 39.2 Å². The van der Waals surface area contributed by atoms with E-state index >= 15 is 0 Å². The molecule has 1 aliphatic rings. The molecule has 1 aliphatic heterocycles. The maximum atomic E-state index is 13.1. The fraction of sp³-hybridized carbons (Fsp3) is 0.234. The first-order chi connectivity index (χ1) is 35.5. The maximum absolute atomic E-state index is 13.1. The normalized spacial score (nSPS) is 13.7. The molecule has 9 heterocycles. The molecule has 374 valence electrons. The van der Waals surface area contributed by atoms with Crippen molar-refractivity contribution in [3.63, 3.8) is 0 Å². The molecule has 0 bridgehead atoms. The molecule has 0 aliphatic carbocycles. The summed E-state index contributed by atoms with van der Waals surface area (Å²) in [5.74, 6) is 1.92. The molecule has 26 heteroatoms. The summed E-state index contributed by atoms with van der Waals surface area (Å²) in [7, 11) is 6.13. The van der Waals surface area contributed by atoms with Crippen molar-refractivity contribution in [1.29, 1.82) is 0 Å². The predicted molar refractivity (Wildman–Crippen MR) is 265 cm³/mol. The molecule has 8 aromatic heterocycles. The van der Waals surface area contributed by atoms with Crippen molar-refractivity contribution < 1.29 is 59.9 Å². The molecular formula is C47H36F3N9O10S4. The molecular weight excluding hydrogens is 1040 g/mol. The third-order valence-electron chi connectivity index (χ3n) is 11.5. The second kappa shape index (κ2) is 18.8. The molecule has 1 fully saturated rings. The van der Waals surface area contributed by atoms with Crippen LogP contribution in [0.5, 0.6) is 39.1 Å². The van der Waals surface area contributed by atoms with E-state index in [0.29, 0.717) is 123 Å². The molecule has 19 nitrogen and oxygen atoms in total. The number of morpholine rings is 1.